The van der Waals surface area contributed by atoms with Crippen molar-refractivity contribution >= 4 is 26.0 Å². The second-order valence-corrected chi connectivity index (χ2v) is 10.3. The van der Waals surface area contributed by atoms with Crippen molar-refractivity contribution in [2.75, 3.05) is 11.5 Å². The third-order valence-electron chi connectivity index (χ3n) is 5.47. The summed E-state index contributed by atoms with van der Waals surface area (Å²) in [4.78, 5) is 27.7. The molecule has 0 saturated heterocycles. The molecular weight excluding hydrogens is 503 g/mol. The number of nitriles is 1. The van der Waals surface area contributed by atoms with Gasteiger partial charge in [-0.2, -0.15) is 9.99 Å². The van der Waals surface area contributed by atoms with Crippen molar-refractivity contribution < 1.29 is 18.7 Å². The number of hydrogen-bond acceptors (Lipinski definition) is 7. The summed E-state index contributed by atoms with van der Waals surface area (Å²) >= 11 is 0. The molecule has 0 fully saturated rings. The van der Waals surface area contributed by atoms with Crippen LogP contribution in [0.25, 0.3) is 0 Å². The fourth-order valence-electron chi connectivity index (χ4n) is 3.81. The monoisotopic (exact) mass is 536 g/mol. The first kappa shape index (κ1) is 28.9. The highest BCUT2D eigenvalue weighted by Gasteiger charge is 2.30. The Morgan fingerprint density at radius 2 is 1.53 bits per heavy atom. The summed E-state index contributed by atoms with van der Waals surface area (Å²) < 4.78 is 21.3. The van der Waals surface area contributed by atoms with E-state index in [1.165, 1.54) is 21.9 Å². The van der Waals surface area contributed by atoms with Crippen LogP contribution in [0.2, 0.25) is 0 Å². The number of para-hydroxylation sites is 2. The summed E-state index contributed by atoms with van der Waals surface area (Å²) in [7, 11) is -1.64. The molecule has 9 nitrogen and oxygen atoms in total. The zero-order chi connectivity index (χ0) is 27.7. The molecule has 1 aromatic heterocycles. The lowest BCUT2D eigenvalue weighted by Gasteiger charge is -2.35. The van der Waals surface area contributed by atoms with Crippen LogP contribution in [0.1, 0.15) is 39.8 Å². The zero-order valence-electron chi connectivity index (χ0n) is 22.3. The number of aromatic nitrogens is 1. The van der Waals surface area contributed by atoms with Crippen LogP contribution in [-0.4, -0.2) is 34.2 Å². The lowest BCUT2D eigenvalue weighted by atomic mass is 10.2. The van der Waals surface area contributed by atoms with Gasteiger partial charge in [-0.15, -0.1) is 0 Å². The van der Waals surface area contributed by atoms with Crippen molar-refractivity contribution in [3.63, 3.8) is 0 Å². The summed E-state index contributed by atoms with van der Waals surface area (Å²) in [6.45, 7) is 9.94. The Balaban J connectivity index is 1.95. The van der Waals surface area contributed by atoms with E-state index in [0.29, 0.717) is 17.1 Å². The van der Waals surface area contributed by atoms with Gasteiger partial charge in [0.15, 0.2) is 0 Å². The van der Waals surface area contributed by atoms with Crippen molar-refractivity contribution in [2.45, 2.75) is 53.1 Å². The fraction of sp³-hybridized carbons (Fsp3) is 0.321. The van der Waals surface area contributed by atoms with E-state index in [2.05, 4.69) is 10.7 Å². The molecule has 0 bridgehead atoms. The number of anilines is 2. The molecule has 1 atom stereocenters. The third kappa shape index (κ3) is 7.20. The predicted octanol–water partition coefficient (Wildman–Crippen LogP) is 6.20. The van der Waals surface area contributed by atoms with Gasteiger partial charge in [0.25, 0.3) is 0 Å². The fourth-order valence-corrected chi connectivity index (χ4v) is 5.41. The van der Waals surface area contributed by atoms with Gasteiger partial charge in [-0.25, -0.2) is 14.4 Å². The molecule has 0 radical (unpaired) electrons. The third-order valence-corrected chi connectivity index (χ3v) is 7.49. The van der Waals surface area contributed by atoms with Crippen LogP contribution >= 0.6 is 8.53 Å². The molecule has 0 aliphatic heterocycles. The maximum absolute atomic E-state index is 13.5. The number of ether oxygens (including phenoxy) is 1. The van der Waals surface area contributed by atoms with Gasteiger partial charge >= 0.3 is 14.6 Å². The Morgan fingerprint density at radius 1 is 0.974 bits per heavy atom. The van der Waals surface area contributed by atoms with E-state index in [4.69, 9.17) is 19.1 Å². The Labute approximate surface area is 224 Å². The first-order valence-electron chi connectivity index (χ1n) is 12.4. The molecule has 0 N–H and O–H groups in total. The zero-order valence-corrected chi connectivity index (χ0v) is 23.2. The molecule has 200 valence electrons. The van der Waals surface area contributed by atoms with Crippen LogP contribution in [0.15, 0.2) is 77.7 Å². The predicted molar refractivity (Wildman–Crippen MR) is 148 cm³/mol. The molecule has 0 aliphatic rings. The molecule has 1 amide bonds. The molecule has 38 heavy (non-hydrogen) atoms. The van der Waals surface area contributed by atoms with Crippen LogP contribution in [0, 0.1) is 18.3 Å². The van der Waals surface area contributed by atoms with Gasteiger partial charge in [-0.1, -0.05) is 36.4 Å². The molecule has 1 heterocycles. The summed E-state index contributed by atoms with van der Waals surface area (Å²) in [5.74, 6) is -0.151. The van der Waals surface area contributed by atoms with Crippen LogP contribution < -0.4 is 19.7 Å². The van der Waals surface area contributed by atoms with Crippen molar-refractivity contribution in [2.24, 2.45) is 0 Å². The summed E-state index contributed by atoms with van der Waals surface area (Å²) in [5, 5.41) is 8.96. The van der Waals surface area contributed by atoms with Gasteiger partial charge in [-0.05, 0) is 58.9 Å². The molecule has 3 aromatic rings. The average Bonchev–Trinajstić information content (AvgIpc) is 2.89. The molecule has 1 unspecified atom stereocenters. The standard InChI is InChI=1S/C28H33N4O5P/c1-21(2)32(22(3)4)38(35-20-12-18-29)37-30-19-17-26(33)27(23(30)5)36-28(34)31(24-13-8-6-9-14-24)25-15-10-7-11-16-25/h6-11,13-17,19,21-22H,12,20H2,1-5H3. The summed E-state index contributed by atoms with van der Waals surface area (Å²) in [6, 6.07) is 21.6. The Bertz CT molecular complexity index is 1240. The van der Waals surface area contributed by atoms with Gasteiger partial charge in [0, 0.05) is 24.3 Å². The Morgan fingerprint density at radius 3 is 2.03 bits per heavy atom. The van der Waals surface area contributed by atoms with Crippen LogP contribution in [0.5, 0.6) is 5.75 Å². The van der Waals surface area contributed by atoms with Gasteiger partial charge < -0.3 is 13.9 Å². The van der Waals surface area contributed by atoms with Gasteiger partial charge in [0.05, 0.1) is 30.5 Å². The topological polar surface area (TPSA) is 97.0 Å². The normalized spacial score (nSPS) is 11.9. The number of benzene rings is 2. The Kier molecular flexibility index (Phi) is 10.4. The number of amides is 1. The maximum Gasteiger partial charge on any atom is 0.424 e. The molecule has 0 aliphatic carbocycles. The smallest absolute Gasteiger partial charge is 0.403 e. The highest BCUT2D eigenvalue weighted by Crippen LogP contribution is 2.43. The summed E-state index contributed by atoms with van der Waals surface area (Å²) in [6.07, 6.45) is 0.953. The maximum atomic E-state index is 13.5. The molecule has 10 heteroatoms. The van der Waals surface area contributed by atoms with Gasteiger partial charge in [-0.3, -0.25) is 4.79 Å². The lowest BCUT2D eigenvalue weighted by Crippen LogP contribution is -2.36. The van der Waals surface area contributed by atoms with E-state index < -0.39 is 20.0 Å². The van der Waals surface area contributed by atoms with Crippen LogP contribution in [-0.2, 0) is 4.52 Å². The highest BCUT2D eigenvalue weighted by molar-refractivity contribution is 7.44. The summed E-state index contributed by atoms with van der Waals surface area (Å²) in [5.41, 5.74) is 1.02. The lowest BCUT2D eigenvalue weighted by molar-refractivity contribution is 0.159. The van der Waals surface area contributed by atoms with Crippen LogP contribution in [0.3, 0.4) is 0 Å². The van der Waals surface area contributed by atoms with Crippen molar-refractivity contribution in [1.82, 2.24) is 9.40 Å². The van der Waals surface area contributed by atoms with Crippen molar-refractivity contribution in [3.05, 3.63) is 88.8 Å². The highest BCUT2D eigenvalue weighted by atomic mass is 31.2. The average molecular weight is 537 g/mol. The first-order chi connectivity index (χ1) is 18.2. The quantitative estimate of drug-likeness (QED) is 0.213. The number of rotatable bonds is 11. The molecule has 0 saturated carbocycles. The Hall–Kier alpha value is -3.70. The number of carbonyl (C=O) groups excluding carboxylic acids is 1. The molecule has 2 aromatic carbocycles. The van der Waals surface area contributed by atoms with Gasteiger partial charge in [0.2, 0.25) is 11.2 Å². The van der Waals surface area contributed by atoms with E-state index in [-0.39, 0.29) is 30.9 Å². The molecule has 3 rings (SSSR count). The van der Waals surface area contributed by atoms with Gasteiger partial charge in [0.1, 0.15) is 5.69 Å². The van der Waals surface area contributed by atoms with E-state index in [9.17, 15) is 9.59 Å². The number of nitrogens with zero attached hydrogens (tertiary/aromatic N) is 4. The molecule has 0 spiro atoms. The molecular formula is C28H33N4O5P. The van der Waals surface area contributed by atoms with E-state index in [1.807, 2.05) is 64.1 Å². The van der Waals surface area contributed by atoms with E-state index in [1.54, 1.807) is 31.2 Å². The minimum atomic E-state index is -1.64. The number of hydrogen-bond donors (Lipinski definition) is 0. The van der Waals surface area contributed by atoms with Crippen molar-refractivity contribution in [1.29, 1.82) is 5.26 Å². The van der Waals surface area contributed by atoms with E-state index in [0.717, 1.165) is 0 Å². The first-order valence-corrected chi connectivity index (χ1v) is 13.5. The van der Waals surface area contributed by atoms with Crippen molar-refractivity contribution in [3.8, 4) is 11.8 Å². The second kappa shape index (κ2) is 13.7. The number of pyridine rings is 1. The minimum absolute atomic E-state index is 0.0884. The minimum Gasteiger partial charge on any atom is -0.403 e. The van der Waals surface area contributed by atoms with E-state index >= 15 is 0 Å². The SMILES string of the molecule is Cc1c(OC(=O)N(c2ccccc2)c2ccccc2)c(=O)ccn1OP(OCCC#N)N(C(C)C)C(C)C. The number of carbonyl (C=O) groups is 1. The second-order valence-electron chi connectivity index (χ2n) is 8.92. The van der Waals surface area contributed by atoms with Crippen LogP contribution in [0.4, 0.5) is 16.2 Å². The largest absolute Gasteiger partial charge is 0.424 e.